The number of aryl methyl sites for hydroxylation is 1. The minimum Gasteiger partial charge on any atom is -0.465 e. The van der Waals surface area contributed by atoms with Crippen molar-refractivity contribution >= 4 is 17.5 Å². The molecule has 1 aromatic heterocycles. The Morgan fingerprint density at radius 3 is 2.88 bits per heavy atom. The van der Waals surface area contributed by atoms with Crippen LogP contribution in [0.2, 0.25) is 0 Å². The summed E-state index contributed by atoms with van der Waals surface area (Å²) in [6.07, 6.45) is 3.53. The standard InChI is InChI=1S/C12H15N3O2/c1-8-6-10(7-14-11(8)13)9-2-4-15(5-3-9)12(16)17/h2,6-7H,3-5H2,1H3,(H2,13,14)(H,16,17). The van der Waals surface area contributed by atoms with Gasteiger partial charge in [0.15, 0.2) is 0 Å². The molecule has 2 rings (SSSR count). The molecule has 17 heavy (non-hydrogen) atoms. The van der Waals surface area contributed by atoms with E-state index in [0.717, 1.165) is 23.1 Å². The summed E-state index contributed by atoms with van der Waals surface area (Å²) in [6, 6.07) is 1.99. The zero-order valence-corrected chi connectivity index (χ0v) is 9.68. The lowest BCUT2D eigenvalue weighted by Crippen LogP contribution is -2.33. The van der Waals surface area contributed by atoms with Crippen LogP contribution in [-0.2, 0) is 0 Å². The fraction of sp³-hybridized carbons (Fsp3) is 0.333. The third kappa shape index (κ3) is 2.38. The van der Waals surface area contributed by atoms with E-state index < -0.39 is 6.09 Å². The van der Waals surface area contributed by atoms with Crippen molar-refractivity contribution in [2.75, 3.05) is 18.8 Å². The molecular formula is C12H15N3O2. The quantitative estimate of drug-likeness (QED) is 0.774. The first-order valence-electron chi connectivity index (χ1n) is 5.47. The van der Waals surface area contributed by atoms with Crippen LogP contribution >= 0.6 is 0 Å². The smallest absolute Gasteiger partial charge is 0.407 e. The van der Waals surface area contributed by atoms with Crippen molar-refractivity contribution in [1.82, 2.24) is 9.88 Å². The highest BCUT2D eigenvalue weighted by molar-refractivity contribution is 5.71. The minimum atomic E-state index is -0.869. The van der Waals surface area contributed by atoms with Crippen molar-refractivity contribution in [3.8, 4) is 0 Å². The van der Waals surface area contributed by atoms with Crippen LogP contribution in [0.25, 0.3) is 5.57 Å². The van der Waals surface area contributed by atoms with E-state index >= 15 is 0 Å². The number of nitrogens with zero attached hydrogens (tertiary/aromatic N) is 2. The molecule has 90 valence electrons. The van der Waals surface area contributed by atoms with Crippen molar-refractivity contribution in [2.24, 2.45) is 0 Å². The van der Waals surface area contributed by atoms with Crippen molar-refractivity contribution < 1.29 is 9.90 Å². The first-order chi connectivity index (χ1) is 8.08. The van der Waals surface area contributed by atoms with Crippen molar-refractivity contribution in [2.45, 2.75) is 13.3 Å². The van der Waals surface area contributed by atoms with Gasteiger partial charge in [-0.25, -0.2) is 9.78 Å². The highest BCUT2D eigenvalue weighted by atomic mass is 16.4. The number of anilines is 1. The van der Waals surface area contributed by atoms with Crippen molar-refractivity contribution in [3.05, 3.63) is 29.5 Å². The average Bonchev–Trinajstić information content (AvgIpc) is 2.33. The third-order valence-electron chi connectivity index (χ3n) is 2.97. The fourth-order valence-corrected chi connectivity index (χ4v) is 1.87. The largest absolute Gasteiger partial charge is 0.465 e. The van der Waals surface area contributed by atoms with Gasteiger partial charge in [0.2, 0.25) is 0 Å². The van der Waals surface area contributed by atoms with Crippen molar-refractivity contribution in [3.63, 3.8) is 0 Å². The van der Waals surface area contributed by atoms with Crippen LogP contribution in [0, 0.1) is 6.92 Å². The lowest BCUT2D eigenvalue weighted by Gasteiger charge is -2.23. The fourth-order valence-electron chi connectivity index (χ4n) is 1.87. The molecule has 1 aliphatic heterocycles. The molecule has 1 amide bonds. The summed E-state index contributed by atoms with van der Waals surface area (Å²) >= 11 is 0. The van der Waals surface area contributed by atoms with E-state index in [2.05, 4.69) is 4.98 Å². The number of carboxylic acid groups (broad SMARTS) is 1. The first kappa shape index (κ1) is 11.4. The van der Waals surface area contributed by atoms with Crippen molar-refractivity contribution in [1.29, 1.82) is 0 Å². The number of hydrogen-bond donors (Lipinski definition) is 2. The summed E-state index contributed by atoms with van der Waals surface area (Å²) in [5.41, 5.74) is 8.78. The molecule has 0 aromatic carbocycles. The van der Waals surface area contributed by atoms with E-state index in [0.29, 0.717) is 18.9 Å². The Hall–Kier alpha value is -2.04. The van der Waals surface area contributed by atoms with E-state index in [1.807, 2.05) is 19.1 Å². The van der Waals surface area contributed by atoms with E-state index in [4.69, 9.17) is 10.8 Å². The Morgan fingerprint density at radius 1 is 1.59 bits per heavy atom. The average molecular weight is 233 g/mol. The number of amides is 1. The van der Waals surface area contributed by atoms with E-state index in [9.17, 15) is 4.79 Å². The molecular weight excluding hydrogens is 218 g/mol. The van der Waals surface area contributed by atoms with Gasteiger partial charge < -0.3 is 15.7 Å². The normalized spacial score (nSPS) is 15.6. The summed E-state index contributed by atoms with van der Waals surface area (Å²) in [4.78, 5) is 16.3. The molecule has 1 aliphatic rings. The van der Waals surface area contributed by atoms with Gasteiger partial charge in [0.1, 0.15) is 5.82 Å². The van der Waals surface area contributed by atoms with Gasteiger partial charge in [-0.2, -0.15) is 0 Å². The third-order valence-corrected chi connectivity index (χ3v) is 2.97. The molecule has 0 fully saturated rings. The van der Waals surface area contributed by atoms with Crippen LogP contribution in [-0.4, -0.2) is 34.2 Å². The van der Waals surface area contributed by atoms with Gasteiger partial charge in [0.25, 0.3) is 0 Å². The molecule has 0 spiro atoms. The van der Waals surface area contributed by atoms with Gasteiger partial charge in [0.05, 0.1) is 0 Å². The number of aromatic nitrogens is 1. The molecule has 3 N–H and O–H groups in total. The van der Waals surface area contributed by atoms with E-state index in [-0.39, 0.29) is 0 Å². The van der Waals surface area contributed by atoms with Crippen LogP contribution in [0.5, 0.6) is 0 Å². The van der Waals surface area contributed by atoms with Gasteiger partial charge in [-0.3, -0.25) is 0 Å². The zero-order chi connectivity index (χ0) is 12.4. The maximum atomic E-state index is 10.8. The number of rotatable bonds is 1. The Kier molecular flexibility index (Phi) is 2.99. The molecule has 0 bridgehead atoms. The number of pyridine rings is 1. The van der Waals surface area contributed by atoms with E-state index in [1.54, 1.807) is 6.20 Å². The number of carbonyl (C=O) groups is 1. The molecule has 0 radical (unpaired) electrons. The second-order valence-electron chi connectivity index (χ2n) is 4.13. The van der Waals surface area contributed by atoms with Crippen LogP contribution in [0.4, 0.5) is 10.6 Å². The van der Waals surface area contributed by atoms with Gasteiger partial charge >= 0.3 is 6.09 Å². The second-order valence-corrected chi connectivity index (χ2v) is 4.13. The molecule has 0 aliphatic carbocycles. The van der Waals surface area contributed by atoms with Crippen LogP contribution in [0.3, 0.4) is 0 Å². The summed E-state index contributed by atoms with van der Waals surface area (Å²) in [7, 11) is 0. The molecule has 0 saturated carbocycles. The van der Waals surface area contributed by atoms with Gasteiger partial charge in [-0.15, -0.1) is 0 Å². The molecule has 2 heterocycles. The molecule has 0 unspecified atom stereocenters. The predicted molar refractivity (Wildman–Crippen MR) is 65.6 cm³/mol. The maximum Gasteiger partial charge on any atom is 0.407 e. The Balaban J connectivity index is 2.19. The highest BCUT2D eigenvalue weighted by Gasteiger charge is 2.16. The van der Waals surface area contributed by atoms with Crippen LogP contribution in [0.15, 0.2) is 18.3 Å². The van der Waals surface area contributed by atoms with Gasteiger partial charge in [-0.05, 0) is 36.1 Å². The Bertz CT molecular complexity index is 483. The predicted octanol–water partition coefficient (Wildman–Crippen LogP) is 1.74. The maximum absolute atomic E-state index is 10.8. The van der Waals surface area contributed by atoms with Gasteiger partial charge in [-0.1, -0.05) is 6.08 Å². The minimum absolute atomic E-state index is 0.439. The first-order valence-corrected chi connectivity index (χ1v) is 5.47. The SMILES string of the molecule is Cc1cc(C2=CCN(C(=O)O)CC2)cnc1N. The molecule has 0 saturated heterocycles. The van der Waals surface area contributed by atoms with Crippen LogP contribution in [0.1, 0.15) is 17.5 Å². The molecule has 0 atom stereocenters. The summed E-state index contributed by atoms with van der Waals surface area (Å²) < 4.78 is 0. The highest BCUT2D eigenvalue weighted by Crippen LogP contribution is 2.23. The summed E-state index contributed by atoms with van der Waals surface area (Å²) in [6.45, 7) is 2.89. The number of nitrogens with two attached hydrogens (primary N) is 1. The molecule has 5 nitrogen and oxygen atoms in total. The zero-order valence-electron chi connectivity index (χ0n) is 9.68. The second kappa shape index (κ2) is 4.45. The Labute approximate surface area is 99.6 Å². The molecule has 5 heteroatoms. The van der Waals surface area contributed by atoms with Crippen LogP contribution < -0.4 is 5.73 Å². The lowest BCUT2D eigenvalue weighted by atomic mass is 10.00. The molecule has 1 aromatic rings. The lowest BCUT2D eigenvalue weighted by molar-refractivity contribution is 0.150. The summed E-state index contributed by atoms with van der Waals surface area (Å²) in [5.74, 6) is 0.539. The monoisotopic (exact) mass is 233 g/mol. The number of hydrogen-bond acceptors (Lipinski definition) is 3. The van der Waals surface area contributed by atoms with E-state index in [1.165, 1.54) is 4.90 Å². The topological polar surface area (TPSA) is 79.5 Å². The summed E-state index contributed by atoms with van der Waals surface area (Å²) in [5, 5.41) is 8.84. The van der Waals surface area contributed by atoms with Gasteiger partial charge in [0, 0.05) is 19.3 Å². The number of nitrogen functional groups attached to an aromatic ring is 1. The Morgan fingerprint density at radius 2 is 2.35 bits per heavy atom.